The molecule has 106 valence electrons. The number of nitrogens with two attached hydrogens (primary N) is 1. The molecule has 0 spiro atoms. The molecule has 0 saturated heterocycles. The lowest BCUT2D eigenvalue weighted by Crippen LogP contribution is -2.10. The molecule has 5 nitrogen and oxygen atoms in total. The summed E-state index contributed by atoms with van der Waals surface area (Å²) < 4.78 is 1.99. The first-order valence-corrected chi connectivity index (χ1v) is 6.78. The first kappa shape index (κ1) is 14.6. The van der Waals surface area contributed by atoms with Crippen molar-refractivity contribution in [3.8, 4) is 0 Å². The van der Waals surface area contributed by atoms with Crippen molar-refractivity contribution in [1.82, 2.24) is 9.55 Å². The van der Waals surface area contributed by atoms with Gasteiger partial charge in [0, 0.05) is 36.9 Å². The van der Waals surface area contributed by atoms with E-state index in [4.69, 9.17) is 22.2 Å². The van der Waals surface area contributed by atoms with Crippen molar-refractivity contribution in [2.45, 2.75) is 13.0 Å². The predicted octanol–water partition coefficient (Wildman–Crippen LogP) is 2.31. The second kappa shape index (κ2) is 7.67. The van der Waals surface area contributed by atoms with E-state index in [1.54, 1.807) is 12.5 Å². The topological polar surface area (TPSA) is 65.4 Å². The van der Waals surface area contributed by atoms with Crippen molar-refractivity contribution in [2.75, 3.05) is 13.2 Å². The predicted molar refractivity (Wildman–Crippen MR) is 79.8 cm³/mol. The van der Waals surface area contributed by atoms with E-state index in [0.29, 0.717) is 18.2 Å². The Morgan fingerprint density at radius 1 is 1.35 bits per heavy atom. The second-order valence-electron chi connectivity index (χ2n) is 4.22. The molecule has 2 aromatic rings. The molecule has 1 heterocycles. The molecule has 0 atom stereocenters. The average molecular weight is 293 g/mol. The smallest absolute Gasteiger partial charge is 0.129 e. The molecule has 2 rings (SSSR count). The highest BCUT2D eigenvalue weighted by atomic mass is 35.5. The van der Waals surface area contributed by atoms with Gasteiger partial charge in [-0.25, -0.2) is 4.98 Å². The number of oxime groups is 1. The molecule has 0 unspecified atom stereocenters. The maximum atomic E-state index is 5.90. The first-order valence-electron chi connectivity index (χ1n) is 6.40. The first-order chi connectivity index (χ1) is 9.79. The fraction of sp³-hybridized carbons (Fsp3) is 0.286. The average Bonchev–Trinajstić information content (AvgIpc) is 2.97. The Balaban J connectivity index is 2.07. The Morgan fingerprint density at radius 3 is 2.80 bits per heavy atom. The fourth-order valence-corrected chi connectivity index (χ4v) is 1.84. The molecule has 0 aliphatic carbocycles. The van der Waals surface area contributed by atoms with Gasteiger partial charge in [0.2, 0.25) is 0 Å². The molecule has 6 heteroatoms. The van der Waals surface area contributed by atoms with Crippen LogP contribution in [-0.2, 0) is 11.4 Å². The van der Waals surface area contributed by atoms with Gasteiger partial charge in [-0.2, -0.15) is 0 Å². The van der Waals surface area contributed by atoms with E-state index in [-0.39, 0.29) is 0 Å². The normalized spacial score (nSPS) is 11.6. The summed E-state index contributed by atoms with van der Waals surface area (Å²) in [6.07, 6.45) is 6.19. The molecule has 0 saturated carbocycles. The summed E-state index contributed by atoms with van der Waals surface area (Å²) in [5.41, 5.74) is 7.26. The molecule has 20 heavy (non-hydrogen) atoms. The summed E-state index contributed by atoms with van der Waals surface area (Å²) in [4.78, 5) is 9.22. The van der Waals surface area contributed by atoms with Crippen LogP contribution in [0, 0.1) is 0 Å². The zero-order valence-electron chi connectivity index (χ0n) is 11.1. The SMILES string of the molecule is NCCON=C(CCn1ccnc1)c1ccc(Cl)cc1. The lowest BCUT2D eigenvalue weighted by atomic mass is 10.1. The van der Waals surface area contributed by atoms with E-state index in [0.717, 1.165) is 24.2 Å². The molecular weight excluding hydrogens is 276 g/mol. The van der Waals surface area contributed by atoms with Crippen LogP contribution in [0.1, 0.15) is 12.0 Å². The van der Waals surface area contributed by atoms with Crippen LogP contribution in [0.5, 0.6) is 0 Å². The number of nitrogens with zero attached hydrogens (tertiary/aromatic N) is 3. The molecule has 0 fully saturated rings. The zero-order valence-corrected chi connectivity index (χ0v) is 11.8. The minimum absolute atomic E-state index is 0.405. The van der Waals surface area contributed by atoms with Crippen LogP contribution in [0.15, 0.2) is 48.1 Å². The van der Waals surface area contributed by atoms with Crippen LogP contribution in [-0.4, -0.2) is 28.4 Å². The van der Waals surface area contributed by atoms with Gasteiger partial charge in [-0.1, -0.05) is 28.9 Å². The Kier molecular flexibility index (Phi) is 5.58. The van der Waals surface area contributed by atoms with Crippen LogP contribution < -0.4 is 5.73 Å². The van der Waals surface area contributed by atoms with Gasteiger partial charge in [0.1, 0.15) is 6.61 Å². The van der Waals surface area contributed by atoms with E-state index in [2.05, 4.69) is 10.1 Å². The second-order valence-corrected chi connectivity index (χ2v) is 4.65. The maximum Gasteiger partial charge on any atom is 0.129 e. The van der Waals surface area contributed by atoms with E-state index < -0.39 is 0 Å². The third-order valence-corrected chi connectivity index (χ3v) is 2.98. The van der Waals surface area contributed by atoms with E-state index in [9.17, 15) is 0 Å². The molecule has 0 aliphatic heterocycles. The number of halogens is 1. The van der Waals surface area contributed by atoms with Crippen molar-refractivity contribution < 1.29 is 4.84 Å². The molecule has 0 bridgehead atoms. The Hall–Kier alpha value is -1.85. The maximum absolute atomic E-state index is 5.90. The van der Waals surface area contributed by atoms with E-state index >= 15 is 0 Å². The highest BCUT2D eigenvalue weighted by Gasteiger charge is 2.05. The van der Waals surface area contributed by atoms with Gasteiger partial charge in [-0.15, -0.1) is 0 Å². The number of hydrogen-bond donors (Lipinski definition) is 1. The monoisotopic (exact) mass is 292 g/mol. The standard InChI is InChI=1S/C14H17ClN4O/c15-13-3-1-12(2-4-13)14(18-20-10-6-16)5-8-19-9-7-17-11-19/h1-4,7,9,11H,5-6,8,10,16H2. The van der Waals surface area contributed by atoms with E-state index in [1.165, 1.54) is 0 Å². The van der Waals surface area contributed by atoms with Crippen molar-refractivity contribution in [3.05, 3.63) is 53.6 Å². The van der Waals surface area contributed by atoms with Gasteiger partial charge < -0.3 is 15.1 Å². The van der Waals surface area contributed by atoms with E-state index in [1.807, 2.05) is 35.0 Å². The van der Waals surface area contributed by atoms with Crippen LogP contribution in [0.25, 0.3) is 0 Å². The van der Waals surface area contributed by atoms with Crippen molar-refractivity contribution in [2.24, 2.45) is 10.9 Å². The summed E-state index contributed by atoms with van der Waals surface area (Å²) >= 11 is 5.90. The molecule has 0 aliphatic rings. The summed E-state index contributed by atoms with van der Waals surface area (Å²) in [5.74, 6) is 0. The molecule has 1 aromatic heterocycles. The Morgan fingerprint density at radius 2 is 2.15 bits per heavy atom. The van der Waals surface area contributed by atoms with Gasteiger partial charge in [-0.05, 0) is 17.7 Å². The van der Waals surface area contributed by atoms with Gasteiger partial charge in [0.25, 0.3) is 0 Å². The number of rotatable bonds is 7. The highest BCUT2D eigenvalue weighted by molar-refractivity contribution is 6.30. The minimum atomic E-state index is 0.405. The molecule has 0 amide bonds. The molecular formula is C14H17ClN4O. The van der Waals surface area contributed by atoms with Gasteiger partial charge in [0.15, 0.2) is 0 Å². The summed E-state index contributed by atoms with van der Waals surface area (Å²) in [5, 5.41) is 4.87. The Labute approximate surface area is 123 Å². The summed E-state index contributed by atoms with van der Waals surface area (Å²) in [6, 6.07) is 7.54. The third kappa shape index (κ3) is 4.36. The third-order valence-electron chi connectivity index (χ3n) is 2.73. The van der Waals surface area contributed by atoms with Crippen LogP contribution in [0.3, 0.4) is 0 Å². The minimum Gasteiger partial charge on any atom is -0.394 e. The van der Waals surface area contributed by atoms with Crippen LogP contribution >= 0.6 is 11.6 Å². The van der Waals surface area contributed by atoms with Crippen LogP contribution in [0.4, 0.5) is 0 Å². The molecule has 2 N–H and O–H groups in total. The largest absolute Gasteiger partial charge is 0.394 e. The van der Waals surface area contributed by atoms with Crippen molar-refractivity contribution >= 4 is 17.3 Å². The number of hydrogen-bond acceptors (Lipinski definition) is 4. The van der Waals surface area contributed by atoms with Crippen molar-refractivity contribution in [1.29, 1.82) is 0 Å². The number of aryl methyl sites for hydroxylation is 1. The summed E-state index contributed by atoms with van der Waals surface area (Å²) in [6.45, 7) is 1.63. The number of benzene rings is 1. The lowest BCUT2D eigenvalue weighted by molar-refractivity contribution is 0.151. The number of aromatic nitrogens is 2. The Bertz CT molecular complexity index is 537. The quantitative estimate of drug-likeness (QED) is 0.484. The fourth-order valence-electron chi connectivity index (χ4n) is 1.72. The van der Waals surface area contributed by atoms with Gasteiger partial charge >= 0.3 is 0 Å². The lowest BCUT2D eigenvalue weighted by Gasteiger charge is -2.08. The summed E-state index contributed by atoms with van der Waals surface area (Å²) in [7, 11) is 0. The van der Waals surface area contributed by atoms with Crippen LogP contribution in [0.2, 0.25) is 5.02 Å². The van der Waals surface area contributed by atoms with Crippen molar-refractivity contribution in [3.63, 3.8) is 0 Å². The van der Waals surface area contributed by atoms with Gasteiger partial charge in [0.05, 0.1) is 12.0 Å². The molecule has 0 radical (unpaired) electrons. The molecule has 1 aromatic carbocycles. The number of imidazole rings is 1. The van der Waals surface area contributed by atoms with Gasteiger partial charge in [-0.3, -0.25) is 0 Å². The highest BCUT2D eigenvalue weighted by Crippen LogP contribution is 2.12. The zero-order chi connectivity index (χ0) is 14.2.